The number of nitrogens with one attached hydrogen (secondary N) is 3. The molecule has 14 nitrogen and oxygen atoms in total. The van der Waals surface area contributed by atoms with Crippen molar-refractivity contribution in [3.05, 3.63) is 143 Å². The smallest absolute Gasteiger partial charge is 0.410 e. The van der Waals surface area contributed by atoms with Crippen molar-refractivity contribution in [2.75, 3.05) is 66.3 Å². The van der Waals surface area contributed by atoms with Gasteiger partial charge in [-0.2, -0.15) is 0 Å². The maximum atomic E-state index is 13.3. The minimum absolute atomic E-state index is 0.206. The molecule has 3 N–H and O–H groups in total. The summed E-state index contributed by atoms with van der Waals surface area (Å²) in [7, 11) is 14.8. The Morgan fingerprint density at radius 3 is 1.28 bits per heavy atom. The fraction of sp³-hybridized carbons (Fsp3) is 0.319. The van der Waals surface area contributed by atoms with Gasteiger partial charge < -0.3 is 48.9 Å². The predicted molar refractivity (Wildman–Crippen MR) is 237 cm³/mol. The van der Waals surface area contributed by atoms with Crippen LogP contribution < -0.4 is 44.8 Å². The van der Waals surface area contributed by atoms with Crippen molar-refractivity contribution in [2.24, 2.45) is 0 Å². The molecule has 61 heavy (non-hydrogen) atoms. The van der Waals surface area contributed by atoms with Crippen LogP contribution in [0.4, 0.5) is 21.0 Å². The molecule has 0 saturated heterocycles. The maximum Gasteiger partial charge on any atom is 0.410 e. The van der Waals surface area contributed by atoms with Crippen molar-refractivity contribution in [1.29, 1.82) is 0 Å². The van der Waals surface area contributed by atoms with Crippen LogP contribution in [-0.2, 0) is 41.9 Å². The number of carbonyl (C=O) groups is 2. The molecule has 0 radical (unpaired) electrons. The van der Waals surface area contributed by atoms with Crippen molar-refractivity contribution in [3.8, 4) is 23.0 Å². The first kappa shape index (κ1) is 45.4. The standard InChI is InChI=1S/C47H58N6O8/c1-51(2)38-19-15-33(16-20-38)30-48-46(54)60-44(27-35-11-9-13-40(23-35)56-7)58-42-25-37(32-50-53(5)6)26-43(29-42)59-45(28-36-12-10-14-41(24-36)57-8)61-47(55)49-31-34-17-21-39(22-18-34)52(3)4/h9-26,29,44-45,50H,27-28,30-32H2,1-8H3,(H,48,54)(H,49,55). The summed E-state index contributed by atoms with van der Waals surface area (Å²) in [6, 6.07) is 36.0. The molecule has 0 spiro atoms. The first-order valence-corrected chi connectivity index (χ1v) is 19.9. The normalized spacial score (nSPS) is 11.8. The van der Waals surface area contributed by atoms with Crippen molar-refractivity contribution < 1.29 is 38.0 Å². The van der Waals surface area contributed by atoms with Crippen LogP contribution in [0, 0.1) is 0 Å². The molecule has 5 aromatic carbocycles. The minimum atomic E-state index is -1.06. The molecule has 2 unspecified atom stereocenters. The van der Waals surface area contributed by atoms with Gasteiger partial charge in [0, 0.05) is 92.2 Å². The maximum absolute atomic E-state index is 13.3. The zero-order chi connectivity index (χ0) is 43.7. The second kappa shape index (κ2) is 22.7. The van der Waals surface area contributed by atoms with Crippen molar-refractivity contribution >= 4 is 23.6 Å². The summed E-state index contributed by atoms with van der Waals surface area (Å²) in [6.07, 6.45) is -3.02. The lowest BCUT2D eigenvalue weighted by molar-refractivity contribution is -0.0351. The number of anilines is 2. The first-order chi connectivity index (χ1) is 29.3. The predicted octanol–water partition coefficient (Wildman–Crippen LogP) is 7.15. The van der Waals surface area contributed by atoms with Crippen molar-refractivity contribution in [1.82, 2.24) is 21.1 Å². The third-order valence-corrected chi connectivity index (χ3v) is 9.40. The molecule has 5 rings (SSSR count). The van der Waals surface area contributed by atoms with Gasteiger partial charge in [-0.25, -0.2) is 9.59 Å². The Balaban J connectivity index is 1.38. The van der Waals surface area contributed by atoms with Crippen LogP contribution in [0.5, 0.6) is 23.0 Å². The van der Waals surface area contributed by atoms with Gasteiger partial charge in [0.2, 0.25) is 12.6 Å². The van der Waals surface area contributed by atoms with E-state index in [1.807, 2.05) is 166 Å². The van der Waals surface area contributed by atoms with E-state index in [1.165, 1.54) is 0 Å². The zero-order valence-corrected chi connectivity index (χ0v) is 36.3. The van der Waals surface area contributed by atoms with Crippen molar-refractivity contribution in [3.63, 3.8) is 0 Å². The third kappa shape index (κ3) is 15.2. The SMILES string of the molecule is COc1cccc(CC(OC(=O)NCc2ccc(N(C)C)cc2)Oc2cc(CNN(C)C)cc(OC(Cc3cccc(OC)c3)OC(=O)NCc3ccc(N(C)C)cc3)c2)c1. The van der Waals surface area contributed by atoms with E-state index in [4.69, 9.17) is 28.4 Å². The van der Waals surface area contributed by atoms with E-state index >= 15 is 0 Å². The van der Waals surface area contributed by atoms with E-state index in [-0.39, 0.29) is 25.9 Å². The highest BCUT2D eigenvalue weighted by Gasteiger charge is 2.22. The first-order valence-electron chi connectivity index (χ1n) is 19.9. The van der Waals surface area contributed by atoms with E-state index in [0.717, 1.165) is 39.2 Å². The molecule has 0 aliphatic rings. The highest BCUT2D eigenvalue weighted by atomic mass is 16.7. The number of hydrogen-bond acceptors (Lipinski definition) is 12. The van der Waals surface area contributed by atoms with Crippen LogP contribution in [0.1, 0.15) is 27.8 Å². The minimum Gasteiger partial charge on any atom is -0.497 e. The summed E-state index contributed by atoms with van der Waals surface area (Å²) in [5.74, 6) is 2.03. The van der Waals surface area contributed by atoms with E-state index in [0.29, 0.717) is 29.5 Å². The molecule has 2 amide bonds. The molecule has 14 heteroatoms. The van der Waals surface area contributed by atoms with E-state index < -0.39 is 24.8 Å². The summed E-state index contributed by atoms with van der Waals surface area (Å²) in [4.78, 5) is 30.6. The molecular formula is C47H58N6O8. The number of rotatable bonds is 21. The molecule has 0 saturated carbocycles. The molecular weight excluding hydrogens is 777 g/mol. The Morgan fingerprint density at radius 2 is 0.902 bits per heavy atom. The van der Waals surface area contributed by atoms with Crippen LogP contribution in [0.25, 0.3) is 0 Å². The van der Waals surface area contributed by atoms with Gasteiger partial charge >= 0.3 is 12.2 Å². The lowest BCUT2D eigenvalue weighted by Crippen LogP contribution is -2.34. The average Bonchev–Trinajstić information content (AvgIpc) is 3.24. The Morgan fingerprint density at radius 1 is 0.492 bits per heavy atom. The molecule has 0 aromatic heterocycles. The highest BCUT2D eigenvalue weighted by molar-refractivity contribution is 5.68. The number of nitrogens with zero attached hydrogens (tertiary/aromatic N) is 3. The lowest BCUT2D eigenvalue weighted by Gasteiger charge is -2.23. The topological polar surface area (TPSA) is 135 Å². The molecule has 0 fully saturated rings. The molecule has 0 aliphatic heterocycles. The van der Waals surface area contributed by atoms with Crippen LogP contribution in [0.15, 0.2) is 115 Å². The Bertz CT molecular complexity index is 2000. The van der Waals surface area contributed by atoms with E-state index in [2.05, 4.69) is 16.1 Å². The highest BCUT2D eigenvalue weighted by Crippen LogP contribution is 2.28. The Kier molecular flexibility index (Phi) is 16.9. The van der Waals surface area contributed by atoms with E-state index in [9.17, 15) is 9.59 Å². The Labute approximate surface area is 359 Å². The van der Waals surface area contributed by atoms with Crippen molar-refractivity contribution in [2.45, 2.75) is 45.1 Å². The number of benzene rings is 5. The summed E-state index contributed by atoms with van der Waals surface area (Å²) >= 11 is 0. The molecule has 2 atom stereocenters. The molecule has 0 aliphatic carbocycles. The van der Waals surface area contributed by atoms with Crippen LogP contribution >= 0.6 is 0 Å². The van der Waals surface area contributed by atoms with Gasteiger partial charge in [-0.05, 0) is 88.5 Å². The number of hydrazine groups is 1. The molecule has 5 aromatic rings. The molecule has 324 valence electrons. The third-order valence-electron chi connectivity index (χ3n) is 9.40. The van der Waals surface area contributed by atoms with E-state index in [1.54, 1.807) is 20.3 Å². The zero-order valence-electron chi connectivity index (χ0n) is 36.3. The summed E-state index contributed by atoms with van der Waals surface area (Å²) in [6.45, 7) is 0.920. The van der Waals surface area contributed by atoms with Crippen LogP contribution in [0.3, 0.4) is 0 Å². The number of hydrogen-bond donors (Lipinski definition) is 3. The quantitative estimate of drug-likeness (QED) is 0.0512. The van der Waals surface area contributed by atoms with Crippen LogP contribution in [-0.4, -0.2) is 86.3 Å². The number of methoxy groups -OCH3 is 2. The van der Waals surface area contributed by atoms with Gasteiger partial charge in [0.1, 0.15) is 23.0 Å². The number of ether oxygens (including phenoxy) is 6. The summed E-state index contributed by atoms with van der Waals surface area (Å²) < 4.78 is 35.7. The van der Waals surface area contributed by atoms with Gasteiger partial charge in [-0.1, -0.05) is 48.5 Å². The number of alkyl carbamates (subject to hydrolysis) is 2. The number of amides is 2. The average molecular weight is 835 g/mol. The second-order valence-corrected chi connectivity index (χ2v) is 14.9. The van der Waals surface area contributed by atoms with Gasteiger partial charge in [0.25, 0.3) is 0 Å². The van der Waals surface area contributed by atoms with Gasteiger partial charge in [-0.3, -0.25) is 10.4 Å². The fourth-order valence-corrected chi connectivity index (χ4v) is 6.11. The largest absolute Gasteiger partial charge is 0.497 e. The Hall–Kier alpha value is -6.64. The van der Waals surface area contributed by atoms with Gasteiger partial charge in [0.05, 0.1) is 14.2 Å². The second-order valence-electron chi connectivity index (χ2n) is 14.9. The van der Waals surface area contributed by atoms with Crippen LogP contribution in [0.2, 0.25) is 0 Å². The van der Waals surface area contributed by atoms with Gasteiger partial charge in [-0.15, -0.1) is 0 Å². The number of carbonyl (C=O) groups excluding carboxylic acids is 2. The summed E-state index contributed by atoms with van der Waals surface area (Å²) in [5.41, 5.74) is 9.63. The fourth-order valence-electron chi connectivity index (χ4n) is 6.11. The summed E-state index contributed by atoms with van der Waals surface area (Å²) in [5, 5.41) is 7.52. The lowest BCUT2D eigenvalue weighted by atomic mass is 10.1. The van der Waals surface area contributed by atoms with Gasteiger partial charge in [0.15, 0.2) is 0 Å². The monoisotopic (exact) mass is 834 g/mol. The molecule has 0 heterocycles. The molecule has 0 bridgehead atoms.